The minimum absolute atomic E-state index is 1.04. The Morgan fingerprint density at radius 3 is 1.92 bits per heavy atom. The van der Waals surface area contributed by atoms with E-state index in [1.54, 1.807) is 0 Å². The molecule has 0 aromatic heterocycles. The molecule has 2 radical (unpaired) electrons. The average Bonchev–Trinajstić information content (AvgIpc) is 2.56. The summed E-state index contributed by atoms with van der Waals surface area (Å²) in [5, 5.41) is 0. The van der Waals surface area contributed by atoms with Gasteiger partial charge in [0.1, 0.15) is 0 Å². The number of fused-ring (bicyclic) bond motifs is 3. The molecule has 58 valence electrons. The summed E-state index contributed by atoms with van der Waals surface area (Å²) in [6.07, 6.45) is 0. The van der Waals surface area contributed by atoms with Gasteiger partial charge in [-0.25, -0.2) is 0 Å². The molecule has 0 unspecified atom stereocenters. The highest BCUT2D eigenvalue weighted by atomic mass is 14.1. The Kier molecular flexibility index (Phi) is 1.34. The van der Waals surface area contributed by atoms with Crippen LogP contribution >= 0.6 is 0 Å². The normalized spacial score (nSPS) is 11.7. The quantitative estimate of drug-likeness (QED) is 0.426. The molecule has 2 aromatic carbocycles. The van der Waals surface area contributed by atoms with Crippen molar-refractivity contribution in [1.82, 2.24) is 0 Å². The minimum Gasteiger partial charge on any atom is -0.0703 e. The molecule has 0 saturated heterocycles. The summed E-state index contributed by atoms with van der Waals surface area (Å²) < 4.78 is 0. The van der Waals surface area contributed by atoms with Crippen molar-refractivity contribution >= 4 is 18.2 Å². The van der Waals surface area contributed by atoms with Crippen LogP contribution < -0.4 is 10.9 Å². The predicted molar refractivity (Wildman–Crippen MR) is 56.0 cm³/mol. The van der Waals surface area contributed by atoms with Crippen LogP contribution in [0.3, 0.4) is 0 Å². The molecular weight excluding hydrogens is 155 g/mol. The minimum atomic E-state index is 1.04. The Labute approximate surface area is 78.5 Å². The molecule has 3 rings (SSSR count). The first kappa shape index (κ1) is 6.96. The Morgan fingerprint density at radius 2 is 1.38 bits per heavy atom. The van der Waals surface area contributed by atoms with Crippen LogP contribution in [0.5, 0.6) is 0 Å². The van der Waals surface area contributed by atoms with E-state index < -0.39 is 0 Å². The van der Waals surface area contributed by atoms with Gasteiger partial charge in [0.25, 0.3) is 0 Å². The zero-order valence-electron chi connectivity index (χ0n) is 7.17. The van der Waals surface area contributed by atoms with Crippen LogP contribution in [0.4, 0.5) is 0 Å². The average molecular weight is 162 g/mol. The van der Waals surface area contributed by atoms with Crippen LogP contribution in [0, 0.1) is 12.1 Å². The van der Waals surface area contributed by atoms with Crippen LogP contribution in [0.2, 0.25) is 0 Å². The molecule has 0 aliphatic carbocycles. The maximum absolute atomic E-state index is 3.12. The van der Waals surface area contributed by atoms with E-state index in [9.17, 15) is 0 Å². The first-order chi connectivity index (χ1) is 6.45. The van der Waals surface area contributed by atoms with Crippen molar-refractivity contribution in [2.24, 2.45) is 0 Å². The maximum atomic E-state index is 3.12. The molecule has 0 nitrogen and oxygen atoms in total. The SMILES string of the molecule is B1c2c[c]ccc2-c2cc[c]cc21. The zero-order valence-corrected chi connectivity index (χ0v) is 7.17. The molecule has 0 bridgehead atoms. The van der Waals surface area contributed by atoms with Gasteiger partial charge in [0.15, 0.2) is 7.28 Å². The lowest BCUT2D eigenvalue weighted by molar-refractivity contribution is 1.69. The topological polar surface area (TPSA) is 0 Å². The molecular formula is C12H7B. The van der Waals surface area contributed by atoms with Gasteiger partial charge in [-0.05, 0) is 23.3 Å². The second kappa shape index (κ2) is 2.49. The first-order valence-electron chi connectivity index (χ1n) is 4.43. The summed E-state index contributed by atoms with van der Waals surface area (Å²) in [7, 11) is 1.04. The van der Waals surface area contributed by atoms with E-state index in [4.69, 9.17) is 0 Å². The van der Waals surface area contributed by atoms with E-state index in [0.29, 0.717) is 0 Å². The molecule has 0 N–H and O–H groups in total. The van der Waals surface area contributed by atoms with Gasteiger partial charge >= 0.3 is 0 Å². The molecule has 0 amide bonds. The van der Waals surface area contributed by atoms with E-state index >= 15 is 0 Å². The van der Waals surface area contributed by atoms with Gasteiger partial charge in [0.05, 0.1) is 0 Å². The number of hydrogen-bond donors (Lipinski definition) is 0. The lowest BCUT2D eigenvalue weighted by Crippen LogP contribution is -2.20. The second-order valence-electron chi connectivity index (χ2n) is 3.34. The van der Waals surface area contributed by atoms with Crippen molar-refractivity contribution in [1.29, 1.82) is 0 Å². The van der Waals surface area contributed by atoms with E-state index in [1.807, 2.05) is 12.1 Å². The van der Waals surface area contributed by atoms with Crippen LogP contribution in [-0.4, -0.2) is 7.28 Å². The third kappa shape index (κ3) is 0.935. The van der Waals surface area contributed by atoms with Gasteiger partial charge in [-0.1, -0.05) is 47.3 Å². The van der Waals surface area contributed by atoms with Gasteiger partial charge in [-0.3, -0.25) is 0 Å². The molecule has 1 heterocycles. The number of hydrogen-bond acceptors (Lipinski definition) is 0. The highest BCUT2D eigenvalue weighted by Crippen LogP contribution is 2.18. The maximum Gasteiger partial charge on any atom is 0.193 e. The van der Waals surface area contributed by atoms with Crippen LogP contribution in [0.25, 0.3) is 11.1 Å². The summed E-state index contributed by atoms with van der Waals surface area (Å²) in [5.41, 5.74) is 5.50. The van der Waals surface area contributed by atoms with Crippen molar-refractivity contribution in [2.45, 2.75) is 0 Å². The Balaban J connectivity index is 2.32. The monoisotopic (exact) mass is 162 g/mol. The van der Waals surface area contributed by atoms with E-state index in [2.05, 4.69) is 36.4 Å². The molecule has 1 heteroatoms. The van der Waals surface area contributed by atoms with E-state index in [-0.39, 0.29) is 0 Å². The molecule has 13 heavy (non-hydrogen) atoms. The van der Waals surface area contributed by atoms with E-state index in [0.717, 1.165) is 7.28 Å². The summed E-state index contributed by atoms with van der Waals surface area (Å²) in [6.45, 7) is 0. The van der Waals surface area contributed by atoms with Gasteiger partial charge in [-0.2, -0.15) is 0 Å². The largest absolute Gasteiger partial charge is 0.193 e. The molecule has 0 saturated carbocycles. The highest BCUT2D eigenvalue weighted by Gasteiger charge is 2.17. The molecule has 0 spiro atoms. The van der Waals surface area contributed by atoms with Crippen molar-refractivity contribution < 1.29 is 0 Å². The smallest absolute Gasteiger partial charge is 0.0703 e. The van der Waals surface area contributed by atoms with Crippen molar-refractivity contribution in [3.63, 3.8) is 0 Å². The van der Waals surface area contributed by atoms with Crippen LogP contribution in [0.15, 0.2) is 36.4 Å². The summed E-state index contributed by atoms with van der Waals surface area (Å²) in [4.78, 5) is 0. The molecule has 2 aromatic rings. The van der Waals surface area contributed by atoms with Crippen molar-refractivity contribution in [3.05, 3.63) is 48.5 Å². The lowest BCUT2D eigenvalue weighted by atomic mass is 9.68. The second-order valence-corrected chi connectivity index (χ2v) is 3.34. The number of rotatable bonds is 0. The summed E-state index contributed by atoms with van der Waals surface area (Å²) in [5.74, 6) is 0. The Hall–Kier alpha value is -1.50. The van der Waals surface area contributed by atoms with Gasteiger partial charge in [-0.15, -0.1) is 0 Å². The standard InChI is InChI=1S/C12H7B/c1-3-7-11-9(5-1)10-6-2-4-8-12(10)13-11/h1-2,5-8,13H. The first-order valence-corrected chi connectivity index (χ1v) is 4.43. The fourth-order valence-corrected chi connectivity index (χ4v) is 1.95. The van der Waals surface area contributed by atoms with Crippen LogP contribution in [-0.2, 0) is 0 Å². The van der Waals surface area contributed by atoms with Crippen LogP contribution in [0.1, 0.15) is 0 Å². The molecule has 1 aliphatic heterocycles. The third-order valence-electron chi connectivity index (χ3n) is 2.57. The third-order valence-corrected chi connectivity index (χ3v) is 2.57. The van der Waals surface area contributed by atoms with Crippen molar-refractivity contribution in [2.75, 3.05) is 0 Å². The van der Waals surface area contributed by atoms with Crippen molar-refractivity contribution in [3.8, 4) is 11.1 Å². The van der Waals surface area contributed by atoms with E-state index in [1.165, 1.54) is 22.1 Å². The highest BCUT2D eigenvalue weighted by molar-refractivity contribution is 6.73. The van der Waals surface area contributed by atoms with Gasteiger partial charge in [0.2, 0.25) is 0 Å². The fraction of sp³-hybridized carbons (Fsp3) is 0. The fourth-order valence-electron chi connectivity index (χ4n) is 1.95. The number of benzene rings is 2. The summed E-state index contributed by atoms with van der Waals surface area (Å²) >= 11 is 0. The zero-order chi connectivity index (χ0) is 8.67. The lowest BCUT2D eigenvalue weighted by Gasteiger charge is -1.98. The predicted octanol–water partition coefficient (Wildman–Crippen LogP) is 0.655. The van der Waals surface area contributed by atoms with Gasteiger partial charge in [0, 0.05) is 0 Å². The Morgan fingerprint density at radius 1 is 0.846 bits per heavy atom. The summed E-state index contributed by atoms with van der Waals surface area (Å²) in [6, 6.07) is 18.6. The molecule has 0 fully saturated rings. The molecule has 0 atom stereocenters. The Bertz CT molecular complexity index is 417. The van der Waals surface area contributed by atoms with Gasteiger partial charge < -0.3 is 0 Å². The molecule has 1 aliphatic rings.